The lowest BCUT2D eigenvalue weighted by Crippen LogP contribution is -2.02. The van der Waals surface area contributed by atoms with Gasteiger partial charge in [0.1, 0.15) is 5.76 Å². The Hall–Kier alpha value is -3.42. The van der Waals surface area contributed by atoms with Gasteiger partial charge in [0.2, 0.25) is 11.7 Å². The van der Waals surface area contributed by atoms with Crippen molar-refractivity contribution in [3.63, 3.8) is 0 Å². The minimum absolute atomic E-state index is 0.0705. The molecule has 0 fully saturated rings. The number of aryl methyl sites for hydroxylation is 2. The highest BCUT2D eigenvalue weighted by Crippen LogP contribution is 2.32. The second-order valence-electron chi connectivity index (χ2n) is 5.75. The maximum Gasteiger partial charge on any atom is 0.375 e. The largest absolute Gasteiger partial charge is 0.460 e. The van der Waals surface area contributed by atoms with Gasteiger partial charge in [-0.05, 0) is 32.9 Å². The van der Waals surface area contributed by atoms with Crippen molar-refractivity contribution in [2.45, 2.75) is 20.8 Å². The molecule has 0 amide bonds. The summed E-state index contributed by atoms with van der Waals surface area (Å²) in [6, 6.07) is 3.72. The molecule has 4 heterocycles. The van der Waals surface area contributed by atoms with Crippen molar-refractivity contribution in [3.05, 3.63) is 47.9 Å². The molecule has 26 heavy (non-hydrogen) atoms. The van der Waals surface area contributed by atoms with Gasteiger partial charge in [0, 0.05) is 17.3 Å². The summed E-state index contributed by atoms with van der Waals surface area (Å²) in [5.41, 5.74) is 4.19. The van der Waals surface area contributed by atoms with Gasteiger partial charge in [-0.15, -0.1) is 0 Å². The van der Waals surface area contributed by atoms with Crippen LogP contribution in [0.15, 0.2) is 39.7 Å². The molecule has 132 valence electrons. The van der Waals surface area contributed by atoms with E-state index >= 15 is 0 Å². The number of pyridine rings is 1. The van der Waals surface area contributed by atoms with Gasteiger partial charge >= 0.3 is 5.97 Å². The third-order valence-corrected chi connectivity index (χ3v) is 4.05. The van der Waals surface area contributed by atoms with Crippen molar-refractivity contribution in [1.29, 1.82) is 0 Å². The lowest BCUT2D eigenvalue weighted by Gasteiger charge is -2.01. The zero-order chi connectivity index (χ0) is 18.3. The summed E-state index contributed by atoms with van der Waals surface area (Å²) in [7, 11) is 0. The Morgan fingerprint density at radius 3 is 2.88 bits per heavy atom. The summed E-state index contributed by atoms with van der Waals surface area (Å²) in [5.74, 6) is 0.597. The number of nitrogens with zero attached hydrogens (tertiary/aromatic N) is 4. The monoisotopic (exact) mass is 352 g/mol. The van der Waals surface area contributed by atoms with Gasteiger partial charge in [0.05, 0.1) is 35.8 Å². The predicted octanol–water partition coefficient (Wildman–Crippen LogP) is 3.44. The summed E-state index contributed by atoms with van der Waals surface area (Å²) < 4.78 is 17.5. The summed E-state index contributed by atoms with van der Waals surface area (Å²) in [6.07, 6.45) is 4.94. The van der Waals surface area contributed by atoms with E-state index in [-0.39, 0.29) is 12.4 Å². The molecule has 4 aromatic heterocycles. The number of oxazole rings is 1. The van der Waals surface area contributed by atoms with Crippen LogP contribution in [0.25, 0.3) is 28.1 Å². The first-order valence-electron chi connectivity index (χ1n) is 8.12. The molecule has 0 saturated heterocycles. The Morgan fingerprint density at radius 1 is 1.31 bits per heavy atom. The molecular formula is C18H16N4O4. The van der Waals surface area contributed by atoms with Gasteiger partial charge in [0.15, 0.2) is 0 Å². The van der Waals surface area contributed by atoms with Gasteiger partial charge in [-0.3, -0.25) is 0 Å². The van der Waals surface area contributed by atoms with Crippen LogP contribution in [0.5, 0.6) is 0 Å². The molecule has 8 heteroatoms. The summed E-state index contributed by atoms with van der Waals surface area (Å²) in [6.45, 7) is 5.76. The smallest absolute Gasteiger partial charge is 0.375 e. The topological polar surface area (TPSA) is 95.7 Å². The molecular weight excluding hydrogens is 336 g/mol. The van der Waals surface area contributed by atoms with Crippen molar-refractivity contribution >= 4 is 11.5 Å². The van der Waals surface area contributed by atoms with E-state index < -0.39 is 5.97 Å². The average molecular weight is 352 g/mol. The van der Waals surface area contributed by atoms with Crippen LogP contribution in [0.1, 0.15) is 28.9 Å². The molecule has 4 rings (SSSR count). The number of rotatable bonds is 4. The van der Waals surface area contributed by atoms with Crippen LogP contribution in [0.4, 0.5) is 0 Å². The fourth-order valence-electron chi connectivity index (χ4n) is 2.88. The van der Waals surface area contributed by atoms with Crippen molar-refractivity contribution in [2.75, 3.05) is 6.61 Å². The van der Waals surface area contributed by atoms with Gasteiger partial charge < -0.3 is 13.7 Å². The van der Waals surface area contributed by atoms with E-state index in [2.05, 4.69) is 15.2 Å². The standard InChI is InChI=1S/C18H16N4O4/c1-4-24-18(23)15-9-19-17(25-15)12-5-6-22-14(7-12)13(8-20-22)16-10(2)21-26-11(16)3/h5-9H,4H2,1-3H3. The minimum atomic E-state index is -0.534. The fraction of sp³-hybridized carbons (Fsp3) is 0.222. The summed E-state index contributed by atoms with van der Waals surface area (Å²) >= 11 is 0. The number of hydrogen-bond donors (Lipinski definition) is 0. The molecule has 0 aliphatic heterocycles. The SMILES string of the molecule is CCOC(=O)c1cnc(-c2ccn3ncc(-c4c(C)noc4C)c3c2)o1. The first kappa shape index (κ1) is 16.1. The Labute approximate surface area is 148 Å². The highest BCUT2D eigenvalue weighted by Gasteiger charge is 2.18. The molecule has 0 aliphatic rings. The van der Waals surface area contributed by atoms with Gasteiger partial charge in [-0.25, -0.2) is 14.3 Å². The number of hydrogen-bond acceptors (Lipinski definition) is 7. The third kappa shape index (κ3) is 2.55. The predicted molar refractivity (Wildman–Crippen MR) is 91.6 cm³/mol. The first-order chi connectivity index (χ1) is 12.6. The lowest BCUT2D eigenvalue weighted by atomic mass is 10.1. The van der Waals surface area contributed by atoms with E-state index in [1.807, 2.05) is 26.0 Å². The number of carbonyl (C=O) groups is 1. The number of fused-ring (bicyclic) bond motifs is 1. The van der Waals surface area contributed by atoms with E-state index in [0.29, 0.717) is 5.89 Å². The molecule has 0 aromatic carbocycles. The van der Waals surface area contributed by atoms with E-state index in [0.717, 1.165) is 33.7 Å². The van der Waals surface area contributed by atoms with Crippen LogP contribution in [-0.4, -0.2) is 32.3 Å². The minimum Gasteiger partial charge on any atom is -0.460 e. The van der Waals surface area contributed by atoms with Crippen molar-refractivity contribution in [2.24, 2.45) is 0 Å². The first-order valence-corrected chi connectivity index (χ1v) is 8.12. The quantitative estimate of drug-likeness (QED) is 0.519. The molecule has 0 N–H and O–H groups in total. The van der Waals surface area contributed by atoms with Gasteiger partial charge in [-0.2, -0.15) is 5.10 Å². The van der Waals surface area contributed by atoms with Crippen LogP contribution in [-0.2, 0) is 4.74 Å². The van der Waals surface area contributed by atoms with E-state index in [9.17, 15) is 4.79 Å². The molecule has 0 unspecified atom stereocenters. The van der Waals surface area contributed by atoms with Gasteiger partial charge in [0.25, 0.3) is 0 Å². The molecule has 8 nitrogen and oxygen atoms in total. The van der Waals surface area contributed by atoms with Crippen molar-refractivity contribution in [3.8, 4) is 22.6 Å². The lowest BCUT2D eigenvalue weighted by molar-refractivity contribution is 0.0491. The molecule has 4 aromatic rings. The van der Waals surface area contributed by atoms with E-state index in [1.54, 1.807) is 23.8 Å². The van der Waals surface area contributed by atoms with Crippen LogP contribution >= 0.6 is 0 Å². The Morgan fingerprint density at radius 2 is 2.15 bits per heavy atom. The van der Waals surface area contributed by atoms with E-state index in [4.69, 9.17) is 13.7 Å². The molecule has 0 aliphatic carbocycles. The number of carbonyl (C=O) groups excluding carboxylic acids is 1. The molecule has 0 saturated carbocycles. The zero-order valence-corrected chi connectivity index (χ0v) is 14.5. The number of aromatic nitrogens is 4. The normalized spacial score (nSPS) is 11.2. The van der Waals surface area contributed by atoms with Crippen LogP contribution in [0.2, 0.25) is 0 Å². The van der Waals surface area contributed by atoms with Crippen LogP contribution in [0, 0.1) is 13.8 Å². The summed E-state index contributed by atoms with van der Waals surface area (Å²) in [5, 5.41) is 8.38. The molecule has 0 radical (unpaired) electrons. The number of ether oxygens (including phenoxy) is 1. The van der Waals surface area contributed by atoms with Crippen molar-refractivity contribution < 1.29 is 18.5 Å². The Balaban J connectivity index is 1.79. The third-order valence-electron chi connectivity index (χ3n) is 4.05. The molecule has 0 spiro atoms. The second kappa shape index (κ2) is 6.14. The second-order valence-corrected chi connectivity index (χ2v) is 5.75. The number of esters is 1. The van der Waals surface area contributed by atoms with Crippen LogP contribution in [0.3, 0.4) is 0 Å². The zero-order valence-electron chi connectivity index (χ0n) is 14.5. The Kier molecular flexibility index (Phi) is 3.80. The maximum atomic E-state index is 11.8. The summed E-state index contributed by atoms with van der Waals surface area (Å²) in [4.78, 5) is 15.9. The Bertz CT molecular complexity index is 1090. The maximum absolute atomic E-state index is 11.8. The molecule has 0 atom stereocenters. The fourth-order valence-corrected chi connectivity index (χ4v) is 2.88. The van der Waals surface area contributed by atoms with Gasteiger partial charge in [-0.1, -0.05) is 5.16 Å². The van der Waals surface area contributed by atoms with E-state index in [1.165, 1.54) is 6.20 Å². The van der Waals surface area contributed by atoms with Crippen molar-refractivity contribution in [1.82, 2.24) is 19.8 Å². The van der Waals surface area contributed by atoms with Crippen LogP contribution < -0.4 is 0 Å². The average Bonchev–Trinajstić information content (AvgIpc) is 3.34. The molecule has 0 bridgehead atoms. The highest BCUT2D eigenvalue weighted by atomic mass is 16.5. The highest BCUT2D eigenvalue weighted by molar-refractivity contribution is 5.87.